The molecule has 0 saturated carbocycles. The fourth-order valence-electron chi connectivity index (χ4n) is 7.53. The molecule has 7 rings (SSSR count). The fourth-order valence-corrected chi connectivity index (χ4v) is 11.1. The van der Waals surface area contributed by atoms with Crippen molar-refractivity contribution in [1.29, 1.82) is 0 Å². The van der Waals surface area contributed by atoms with Crippen LogP contribution in [0.2, 0.25) is 0 Å². The van der Waals surface area contributed by atoms with Gasteiger partial charge in [0.05, 0.1) is 56.8 Å². The molecular formula is C30H52N13O15P3S3. The van der Waals surface area contributed by atoms with E-state index in [1.54, 1.807) is 12.3 Å². The summed E-state index contributed by atoms with van der Waals surface area (Å²) in [6.45, 7) is -11.2. The number of amides is 4. The molecule has 360 valence electrons. The van der Waals surface area contributed by atoms with Crippen LogP contribution in [0.25, 0.3) is 0 Å². The Morgan fingerprint density at radius 3 is 2.12 bits per heavy atom. The molecule has 6 aliphatic rings. The second kappa shape index (κ2) is 20.4. The molecule has 4 amide bonds. The maximum absolute atomic E-state index is 12.6. The number of ether oxygens (including phenoxy) is 3. The van der Waals surface area contributed by atoms with E-state index in [-0.39, 0.29) is 43.5 Å². The van der Waals surface area contributed by atoms with Crippen molar-refractivity contribution in [1.82, 2.24) is 41.0 Å². The summed E-state index contributed by atoms with van der Waals surface area (Å²) >= 11 is 15.9. The minimum atomic E-state index is -4.23. The fraction of sp³-hybridized carbons (Fsp3) is 0.733. The van der Waals surface area contributed by atoms with E-state index < -0.39 is 125 Å². The summed E-state index contributed by atoms with van der Waals surface area (Å²) in [6.07, 6.45) is -5.68. The molecule has 0 bridgehead atoms. The molecule has 1 aromatic heterocycles. The Bertz CT molecular complexity index is 2090. The molecule has 28 nitrogen and oxygen atoms in total. The molecule has 34 heteroatoms. The Balaban J connectivity index is 1.03. The standard InChI is InChI=1S/C30H52N13O15P3S3/c1-12-5-20(42-4-3-18(31)36-30(42)46)55-15(12)8-52-60(48,63)58-14-7-21(43-11-35-23-25(43)39-29(34)41-27(23)45)56-17(14)10-53-61(49,64)57-13-6-19(54-16(13)9-51-59(47,62)50-2)37-24-22(32)26(44)40-28(33)38-24/h3-4,11-22,24,28-29,37-39H,5-10,31-34H2,1-2H3,(H,36,46)(H,40,44)(H,41,45)(H,47,62)(H,48,63)(H,49,64)/t12-,13-,14-,15-,16-,17-,18?,19-,20-,21-,22?,24?,28?,29?,59?,60?,61?/m1/s1. The van der Waals surface area contributed by atoms with Crippen LogP contribution in [0.5, 0.6) is 0 Å². The van der Waals surface area contributed by atoms with Gasteiger partial charge in [-0.2, -0.15) is 0 Å². The first kappa shape index (κ1) is 50.1. The molecule has 7 heterocycles. The molecule has 4 saturated heterocycles. The number of carbonyl (C=O) groups excluding carboxylic acids is 3. The van der Waals surface area contributed by atoms with Crippen molar-refractivity contribution >= 4 is 79.2 Å². The van der Waals surface area contributed by atoms with Gasteiger partial charge in [-0.05, 0) is 53.8 Å². The predicted octanol–water partition coefficient (Wildman–Crippen LogP) is -3.42. The summed E-state index contributed by atoms with van der Waals surface area (Å²) < 4.78 is 53.9. The highest BCUT2D eigenvalue weighted by Gasteiger charge is 2.47. The highest BCUT2D eigenvalue weighted by atomic mass is 32.5. The van der Waals surface area contributed by atoms with Gasteiger partial charge in [-0.3, -0.25) is 41.2 Å². The third-order valence-electron chi connectivity index (χ3n) is 10.8. The van der Waals surface area contributed by atoms with Crippen molar-refractivity contribution in [3.8, 4) is 0 Å². The lowest BCUT2D eigenvalue weighted by Crippen LogP contribution is -2.74. The van der Waals surface area contributed by atoms with Gasteiger partial charge in [-0.1, -0.05) is 6.92 Å². The quantitative estimate of drug-likeness (QED) is 0.0637. The summed E-state index contributed by atoms with van der Waals surface area (Å²) in [5.41, 5.74) is 23.7. The molecule has 1 aromatic rings. The number of nitrogens with zero attached hydrogens (tertiary/aromatic N) is 3. The van der Waals surface area contributed by atoms with E-state index in [0.717, 1.165) is 0 Å². The SMILES string of the molecule is COP(O)(=S)OC[C@H]1O[C@@H](NC2NC(N)NC(=O)C2N)C[C@H]1OP(O)(=S)OC[C@H]1O[C@@H](n2cnc3c2NC(N)NC3=O)C[C@H]1OP(O)(=S)OC[C@H]1O[C@@H](N2C=CC(N)NC2=O)C[C@H]1C. The van der Waals surface area contributed by atoms with E-state index in [2.05, 4.69) is 36.9 Å². The van der Waals surface area contributed by atoms with Crippen LogP contribution in [0, 0.1) is 5.92 Å². The number of hydrogen-bond acceptors (Lipinski definition) is 23. The van der Waals surface area contributed by atoms with Crippen molar-refractivity contribution in [3.05, 3.63) is 24.3 Å². The number of hydrogen-bond donors (Lipinski definition) is 13. The van der Waals surface area contributed by atoms with Crippen molar-refractivity contribution in [3.63, 3.8) is 0 Å². The minimum absolute atomic E-state index is 0.00740. The monoisotopic (exact) mass is 1020 g/mol. The van der Waals surface area contributed by atoms with Gasteiger partial charge in [0, 0.05) is 26.2 Å². The summed E-state index contributed by atoms with van der Waals surface area (Å²) in [6, 6.07) is -1.49. The molecule has 17 N–H and O–H groups in total. The van der Waals surface area contributed by atoms with Gasteiger partial charge in [0.1, 0.15) is 49.0 Å². The maximum atomic E-state index is 12.6. The topological polar surface area (TPSA) is 392 Å². The number of nitrogens with two attached hydrogens (primary N) is 4. The van der Waals surface area contributed by atoms with Gasteiger partial charge in [0.2, 0.25) is 5.91 Å². The molecular weight excluding hydrogens is 972 g/mol. The summed E-state index contributed by atoms with van der Waals surface area (Å²) in [7, 11) is 1.17. The van der Waals surface area contributed by atoms with Crippen molar-refractivity contribution in [2.45, 2.75) is 106 Å². The highest BCUT2D eigenvalue weighted by molar-refractivity contribution is 8.07. The van der Waals surface area contributed by atoms with Crippen LogP contribution in [0.4, 0.5) is 10.6 Å². The Morgan fingerprint density at radius 2 is 1.45 bits per heavy atom. The number of aromatic nitrogens is 2. The highest BCUT2D eigenvalue weighted by Crippen LogP contribution is 2.52. The van der Waals surface area contributed by atoms with Crippen LogP contribution in [0.3, 0.4) is 0 Å². The lowest BCUT2D eigenvalue weighted by molar-refractivity contribution is -0.127. The smallest absolute Gasteiger partial charge is 0.325 e. The molecule has 0 aliphatic carbocycles. The number of imidazole rings is 1. The maximum Gasteiger partial charge on any atom is 0.325 e. The first-order valence-electron chi connectivity index (χ1n) is 19.7. The van der Waals surface area contributed by atoms with E-state index in [1.807, 2.05) is 6.92 Å². The second-order valence-electron chi connectivity index (χ2n) is 15.4. The molecule has 64 heavy (non-hydrogen) atoms. The lowest BCUT2D eigenvalue weighted by atomic mass is 10.0. The predicted molar refractivity (Wildman–Crippen MR) is 231 cm³/mol. The van der Waals surface area contributed by atoms with Crippen molar-refractivity contribution in [2.24, 2.45) is 28.9 Å². The summed E-state index contributed by atoms with van der Waals surface area (Å²) in [5, 5.41) is 16.4. The van der Waals surface area contributed by atoms with Crippen molar-refractivity contribution in [2.75, 3.05) is 32.2 Å². The van der Waals surface area contributed by atoms with Crippen LogP contribution < -0.4 is 54.8 Å². The average Bonchev–Trinajstić information content (AvgIpc) is 3.99. The molecule has 17 atom stereocenters. The van der Waals surface area contributed by atoms with Gasteiger partial charge in [-0.25, -0.2) is 9.78 Å². The van der Waals surface area contributed by atoms with E-state index >= 15 is 0 Å². The number of rotatable bonds is 18. The zero-order valence-electron chi connectivity index (χ0n) is 34.0. The van der Waals surface area contributed by atoms with Gasteiger partial charge in [0.15, 0.2) is 12.0 Å². The first-order valence-corrected chi connectivity index (χ1v) is 27.4. The largest absolute Gasteiger partial charge is 0.355 e. The van der Waals surface area contributed by atoms with Gasteiger partial charge < -0.3 is 88.8 Å². The third kappa shape index (κ3) is 12.3. The third-order valence-corrected chi connectivity index (χ3v) is 15.6. The van der Waals surface area contributed by atoms with Crippen molar-refractivity contribution < 1.29 is 70.4 Å². The van der Waals surface area contributed by atoms with Crippen LogP contribution in [0.15, 0.2) is 18.6 Å². The number of nitrogens with one attached hydrogen (secondary N) is 6. The number of carbonyl (C=O) groups is 3. The average molecular weight is 1020 g/mol. The Morgan fingerprint density at radius 1 is 0.828 bits per heavy atom. The van der Waals surface area contributed by atoms with Crippen LogP contribution in [-0.2, 0) is 81.6 Å². The first-order chi connectivity index (χ1) is 30.1. The Labute approximate surface area is 381 Å². The number of anilines is 1. The van der Waals surface area contributed by atoms with Gasteiger partial charge >= 0.3 is 26.2 Å². The Kier molecular flexibility index (Phi) is 16.0. The summed E-state index contributed by atoms with van der Waals surface area (Å²) in [5.74, 6) is -0.930. The molecule has 8 unspecified atom stereocenters. The molecule has 4 fully saturated rings. The molecule has 0 aromatic carbocycles. The zero-order chi connectivity index (χ0) is 46.3. The minimum Gasteiger partial charge on any atom is -0.355 e. The zero-order valence-corrected chi connectivity index (χ0v) is 39.1. The normalized spacial score (nSPS) is 38.1. The molecule has 6 aliphatic heterocycles. The van der Waals surface area contributed by atoms with Gasteiger partial charge in [0.25, 0.3) is 5.91 Å². The van der Waals surface area contributed by atoms with Crippen LogP contribution in [0.1, 0.15) is 42.9 Å². The number of fused-ring (bicyclic) bond motifs is 1. The van der Waals surface area contributed by atoms with E-state index in [0.29, 0.717) is 6.42 Å². The summed E-state index contributed by atoms with van der Waals surface area (Å²) in [4.78, 5) is 76.1. The van der Waals surface area contributed by atoms with E-state index in [9.17, 15) is 29.1 Å². The molecule has 0 radical (unpaired) electrons. The van der Waals surface area contributed by atoms with Crippen LogP contribution >= 0.6 is 20.2 Å². The lowest BCUT2D eigenvalue weighted by Gasteiger charge is -2.35. The second-order valence-corrected chi connectivity index (χ2v) is 23.9. The van der Waals surface area contributed by atoms with E-state index in [1.165, 1.54) is 22.9 Å². The Hall–Kier alpha value is -1.81. The number of urea groups is 1. The van der Waals surface area contributed by atoms with E-state index in [4.69, 9.17) is 99.7 Å². The van der Waals surface area contributed by atoms with Gasteiger partial charge in [-0.15, -0.1) is 0 Å². The van der Waals surface area contributed by atoms with Crippen LogP contribution in [-0.4, -0.2) is 148 Å². The molecule has 0 spiro atoms.